The van der Waals surface area contributed by atoms with Crippen molar-refractivity contribution in [3.63, 3.8) is 0 Å². The molecule has 1 fully saturated rings. The molecule has 0 amide bonds. The molecule has 0 aromatic heterocycles. The Labute approximate surface area is 373 Å². The second-order valence-corrected chi connectivity index (χ2v) is 15.5. The Balaban J connectivity index is 1.29. The van der Waals surface area contributed by atoms with Crippen molar-refractivity contribution >= 4 is 35.6 Å². The number of fused-ring (bicyclic) bond motifs is 3. The highest BCUT2D eigenvalue weighted by molar-refractivity contribution is 6.09. The predicted molar refractivity (Wildman–Crippen MR) is 204 cm³/mol. The number of carbonyl (C=O) groups is 6. The van der Waals surface area contributed by atoms with E-state index < -0.39 is 204 Å². The van der Waals surface area contributed by atoms with E-state index in [1.165, 1.54) is 0 Å². The number of hydrogen-bond acceptors (Lipinski definition) is 27. The fourth-order valence-corrected chi connectivity index (χ4v) is 8.26. The topological polar surface area (TPSA) is 450 Å². The molecule has 0 radical (unpaired) electrons. The Kier molecular flexibility index (Phi) is 9.64. The fraction of sp³-hybridized carbons (Fsp3) is 0.220. The quantitative estimate of drug-likeness (QED) is 0.0491. The van der Waals surface area contributed by atoms with Crippen LogP contribution in [0.2, 0.25) is 0 Å². The number of rotatable bonds is 2. The molecule has 4 aromatic carbocycles. The van der Waals surface area contributed by atoms with Gasteiger partial charge in [0.1, 0.15) is 12.7 Å². The SMILES string of the molecule is O=C1OC2C(OC(=O)c3cc(O)c(O)c(O)c3)OC3COC(=O)c4cc(O)c(O)c(O)c4-c4c(cc(O)c(O)c4O)C(=O)OC2C3OC(=O)c2cc(O)c(O)c3c2C2C1=CC(=O)C(O)(O)C2(O)O3. The van der Waals surface area contributed by atoms with Crippen LogP contribution in [0.4, 0.5) is 0 Å². The minimum Gasteiger partial charge on any atom is -0.504 e. The first-order valence-corrected chi connectivity index (χ1v) is 19.1. The van der Waals surface area contributed by atoms with Gasteiger partial charge in [0.2, 0.25) is 35.4 Å². The molecule has 68 heavy (non-hydrogen) atoms. The number of ether oxygens (including phenoxy) is 7. The maximum absolute atomic E-state index is 14.6. The van der Waals surface area contributed by atoms with Gasteiger partial charge < -0.3 is 105 Å². The number of aromatic hydroxyl groups is 11. The normalized spacial score (nSPS) is 25.7. The zero-order valence-corrected chi connectivity index (χ0v) is 33.2. The van der Waals surface area contributed by atoms with Crippen LogP contribution in [0.1, 0.15) is 52.9 Å². The van der Waals surface area contributed by atoms with Crippen LogP contribution in [0.3, 0.4) is 0 Å². The standard InChI is InChI=1S/C41H28O27/c42-13-1-8(2-14(43)24(13)48)34(54)67-39-33-32-30(64-37(57)11-5-17(46)27(51)31-22(11)23-12(38(58)66-33)6-19(47)40(59,60)41(23,61)68-31)18(63-39)7-62-35(55)9-3-15(44)25(49)28(52)20(9)21-10(36(56)65-32)4-16(45)26(50)29(21)53/h1-6,18,23,30,32-33,39,42-46,48-53,59-61H,7H2. The summed E-state index contributed by atoms with van der Waals surface area (Å²) in [5.74, 6) is -36.3. The third-order valence-electron chi connectivity index (χ3n) is 11.5. The van der Waals surface area contributed by atoms with Gasteiger partial charge in [0.25, 0.3) is 11.6 Å². The maximum atomic E-state index is 14.6. The molecule has 4 bridgehead atoms. The van der Waals surface area contributed by atoms with Gasteiger partial charge in [-0.3, -0.25) is 4.79 Å². The van der Waals surface area contributed by atoms with Gasteiger partial charge >= 0.3 is 29.8 Å². The number of esters is 5. The molecule has 4 heterocycles. The first kappa shape index (κ1) is 44.3. The smallest absolute Gasteiger partial charge is 0.340 e. The number of phenols is 11. The lowest BCUT2D eigenvalue weighted by Crippen LogP contribution is -2.66. The lowest BCUT2D eigenvalue weighted by atomic mass is 9.74. The van der Waals surface area contributed by atoms with E-state index in [0.29, 0.717) is 30.3 Å². The lowest BCUT2D eigenvalue weighted by molar-refractivity contribution is -0.323. The average Bonchev–Trinajstić information content (AvgIpc) is 3.61. The van der Waals surface area contributed by atoms with Crippen LogP contribution in [-0.4, -0.2) is 156 Å². The number of aliphatic hydroxyl groups is 3. The van der Waals surface area contributed by atoms with Crippen LogP contribution >= 0.6 is 0 Å². The van der Waals surface area contributed by atoms with Crippen molar-refractivity contribution in [3.8, 4) is 80.1 Å². The number of ketones is 1. The summed E-state index contributed by atoms with van der Waals surface area (Å²) >= 11 is 0. The molecule has 14 N–H and O–H groups in total. The van der Waals surface area contributed by atoms with Gasteiger partial charge in [-0.1, -0.05) is 0 Å². The van der Waals surface area contributed by atoms with Crippen molar-refractivity contribution in [2.24, 2.45) is 0 Å². The number of benzene rings is 4. The molecule has 1 aliphatic carbocycles. The molecule has 354 valence electrons. The first-order chi connectivity index (χ1) is 31.9. The van der Waals surface area contributed by atoms with Crippen LogP contribution in [0, 0.1) is 0 Å². The van der Waals surface area contributed by atoms with Crippen LogP contribution in [0.15, 0.2) is 42.0 Å². The van der Waals surface area contributed by atoms with E-state index in [1.54, 1.807) is 0 Å². The lowest BCUT2D eigenvalue weighted by Gasteiger charge is -2.44. The molecule has 4 aromatic rings. The summed E-state index contributed by atoms with van der Waals surface area (Å²) < 4.78 is 39.1. The molecule has 4 aliphatic heterocycles. The zero-order chi connectivity index (χ0) is 49.4. The van der Waals surface area contributed by atoms with E-state index in [-0.39, 0.29) is 6.08 Å². The largest absolute Gasteiger partial charge is 0.504 e. The van der Waals surface area contributed by atoms with Gasteiger partial charge in [-0.25, -0.2) is 24.0 Å². The van der Waals surface area contributed by atoms with Crippen molar-refractivity contribution in [1.29, 1.82) is 0 Å². The van der Waals surface area contributed by atoms with E-state index in [0.717, 1.165) is 0 Å². The molecule has 7 unspecified atom stereocenters. The molecule has 27 heteroatoms. The molecule has 7 atom stereocenters. The van der Waals surface area contributed by atoms with Crippen molar-refractivity contribution in [1.82, 2.24) is 0 Å². The molecule has 0 spiro atoms. The van der Waals surface area contributed by atoms with E-state index in [9.17, 15) is 100 Å². The number of cyclic esters (lactones) is 1. The molecule has 0 saturated carbocycles. The average molecular weight is 953 g/mol. The van der Waals surface area contributed by atoms with Crippen LogP contribution < -0.4 is 4.74 Å². The Morgan fingerprint density at radius 3 is 1.68 bits per heavy atom. The summed E-state index contributed by atoms with van der Waals surface area (Å²) in [5, 5.41) is 150. The summed E-state index contributed by atoms with van der Waals surface area (Å²) in [4.78, 5) is 84.7. The van der Waals surface area contributed by atoms with Crippen LogP contribution in [-0.2, 0) is 38.0 Å². The Morgan fingerprint density at radius 1 is 0.574 bits per heavy atom. The fourth-order valence-electron chi connectivity index (χ4n) is 8.26. The highest BCUT2D eigenvalue weighted by Gasteiger charge is 2.70. The van der Waals surface area contributed by atoms with Crippen LogP contribution in [0.5, 0.6) is 69.0 Å². The molecular weight excluding hydrogens is 924 g/mol. The number of carbonyl (C=O) groups excluding carboxylic acids is 6. The highest BCUT2D eigenvalue weighted by Crippen LogP contribution is 2.60. The van der Waals surface area contributed by atoms with Gasteiger partial charge in [-0.05, 0) is 36.4 Å². The number of phenolic OH excluding ortho intramolecular Hbond substituents is 11. The molecule has 5 aliphatic rings. The minimum atomic E-state index is -4.03. The second-order valence-electron chi connectivity index (χ2n) is 15.5. The summed E-state index contributed by atoms with van der Waals surface area (Å²) in [6.07, 6.45) is -12.1. The minimum absolute atomic E-state index is 0.182. The van der Waals surface area contributed by atoms with Gasteiger partial charge in [0, 0.05) is 16.7 Å². The van der Waals surface area contributed by atoms with Crippen LogP contribution in [0.25, 0.3) is 11.1 Å². The van der Waals surface area contributed by atoms with E-state index in [1.807, 2.05) is 0 Å². The van der Waals surface area contributed by atoms with Gasteiger partial charge in [0.05, 0.1) is 33.7 Å². The Bertz CT molecular complexity index is 3020. The molecular formula is C41H28O27. The van der Waals surface area contributed by atoms with Gasteiger partial charge in [0.15, 0.2) is 64.0 Å². The number of hydrogen-bond donors (Lipinski definition) is 14. The van der Waals surface area contributed by atoms with Gasteiger partial charge in [-0.15, -0.1) is 0 Å². The molecule has 1 saturated heterocycles. The first-order valence-electron chi connectivity index (χ1n) is 19.1. The van der Waals surface area contributed by atoms with E-state index >= 15 is 0 Å². The second kappa shape index (κ2) is 14.8. The third-order valence-corrected chi connectivity index (χ3v) is 11.5. The van der Waals surface area contributed by atoms with Crippen molar-refractivity contribution in [2.45, 2.75) is 48.2 Å². The van der Waals surface area contributed by atoms with Gasteiger partial charge in [-0.2, -0.15) is 0 Å². The summed E-state index contributed by atoms with van der Waals surface area (Å²) in [7, 11) is 0. The Hall–Kier alpha value is -8.92. The monoisotopic (exact) mass is 952 g/mol. The van der Waals surface area contributed by atoms with Crippen molar-refractivity contribution < 1.29 is 133 Å². The predicted octanol–water partition coefficient (Wildman–Crippen LogP) is -1.10. The summed E-state index contributed by atoms with van der Waals surface area (Å²) in [6.45, 7) is -1.29. The van der Waals surface area contributed by atoms with Crippen molar-refractivity contribution in [2.75, 3.05) is 6.61 Å². The summed E-state index contributed by atoms with van der Waals surface area (Å²) in [6, 6.07) is 2.38. The highest BCUT2D eigenvalue weighted by atomic mass is 16.8. The maximum Gasteiger partial charge on any atom is 0.340 e. The summed E-state index contributed by atoms with van der Waals surface area (Å²) in [5.41, 5.74) is -8.23. The third kappa shape index (κ3) is 6.21. The Morgan fingerprint density at radius 2 is 1.07 bits per heavy atom. The van der Waals surface area contributed by atoms with E-state index in [2.05, 4.69) is 0 Å². The molecule has 27 nitrogen and oxygen atoms in total. The zero-order valence-electron chi connectivity index (χ0n) is 33.2. The van der Waals surface area contributed by atoms with E-state index in [4.69, 9.17) is 33.2 Å². The molecule has 9 rings (SSSR count). The van der Waals surface area contributed by atoms with Crippen molar-refractivity contribution in [3.05, 3.63) is 69.8 Å².